The van der Waals surface area contributed by atoms with Gasteiger partial charge >= 0.3 is 5.76 Å². The maximum absolute atomic E-state index is 12.5. The third kappa shape index (κ3) is 3.62. The lowest BCUT2D eigenvalue weighted by Crippen LogP contribution is -2.38. The lowest BCUT2D eigenvalue weighted by atomic mass is 10.0. The van der Waals surface area contributed by atoms with E-state index < -0.39 is 23.8 Å². The molecule has 0 spiro atoms. The van der Waals surface area contributed by atoms with E-state index in [2.05, 4.69) is 5.32 Å². The fourth-order valence-corrected chi connectivity index (χ4v) is 2.82. The van der Waals surface area contributed by atoms with Gasteiger partial charge in [0.25, 0.3) is 0 Å². The van der Waals surface area contributed by atoms with E-state index in [1.807, 2.05) is 0 Å². The molecule has 0 aliphatic carbocycles. The molecule has 2 aromatic carbocycles. The Labute approximate surface area is 149 Å². The fourth-order valence-electron chi connectivity index (χ4n) is 2.82. The molecule has 2 N–H and O–H groups in total. The van der Waals surface area contributed by atoms with Crippen LogP contribution in [0.25, 0.3) is 11.1 Å². The van der Waals surface area contributed by atoms with Gasteiger partial charge in [0.15, 0.2) is 5.58 Å². The lowest BCUT2D eigenvalue weighted by molar-refractivity contribution is -0.123. The molecule has 0 fully saturated rings. The van der Waals surface area contributed by atoms with Crippen LogP contribution in [-0.2, 0) is 11.3 Å². The Kier molecular flexibility index (Phi) is 5.09. The summed E-state index contributed by atoms with van der Waals surface area (Å²) in [6.07, 6.45) is -0.815. The average Bonchev–Trinajstić information content (AvgIpc) is 2.95. The maximum atomic E-state index is 12.5. The van der Waals surface area contributed by atoms with E-state index in [0.717, 1.165) is 5.56 Å². The predicted molar refractivity (Wildman–Crippen MR) is 96.0 cm³/mol. The van der Waals surface area contributed by atoms with Gasteiger partial charge in [-0.15, -0.1) is 0 Å². The Balaban J connectivity index is 1.79. The number of hydrogen-bond donors (Lipinski definition) is 2. The van der Waals surface area contributed by atoms with Crippen molar-refractivity contribution in [3.8, 4) is 5.75 Å². The zero-order valence-electron chi connectivity index (χ0n) is 14.5. The van der Waals surface area contributed by atoms with E-state index >= 15 is 0 Å². The second-order valence-corrected chi connectivity index (χ2v) is 5.98. The number of aromatic nitrogens is 1. The number of aliphatic hydroxyl groups is 1. The molecule has 3 aromatic rings. The number of hydrogen-bond acceptors (Lipinski definition) is 5. The summed E-state index contributed by atoms with van der Waals surface area (Å²) >= 11 is 0. The number of benzene rings is 2. The van der Waals surface area contributed by atoms with Crippen LogP contribution in [0.5, 0.6) is 5.75 Å². The van der Waals surface area contributed by atoms with Crippen LogP contribution in [0.1, 0.15) is 18.5 Å². The van der Waals surface area contributed by atoms with Gasteiger partial charge < -0.3 is 19.6 Å². The van der Waals surface area contributed by atoms with Gasteiger partial charge in [-0.05, 0) is 36.8 Å². The van der Waals surface area contributed by atoms with E-state index in [4.69, 9.17) is 9.15 Å². The second-order valence-electron chi connectivity index (χ2n) is 5.98. The van der Waals surface area contributed by atoms with Crippen molar-refractivity contribution in [3.05, 3.63) is 64.6 Å². The summed E-state index contributed by atoms with van der Waals surface area (Å²) in [7, 11) is 1.57. The highest BCUT2D eigenvalue weighted by Crippen LogP contribution is 2.20. The number of fused-ring (bicyclic) bond motifs is 1. The summed E-state index contributed by atoms with van der Waals surface area (Å²) in [5.41, 5.74) is 1.71. The van der Waals surface area contributed by atoms with Crippen molar-refractivity contribution in [3.63, 3.8) is 0 Å². The number of ether oxygens (including phenoxy) is 1. The molecule has 0 aliphatic heterocycles. The van der Waals surface area contributed by atoms with Crippen LogP contribution < -0.4 is 15.8 Å². The van der Waals surface area contributed by atoms with Crippen LogP contribution in [0.2, 0.25) is 0 Å². The highest BCUT2D eigenvalue weighted by molar-refractivity contribution is 5.79. The van der Waals surface area contributed by atoms with Gasteiger partial charge in [0.2, 0.25) is 5.91 Å². The third-order valence-corrected chi connectivity index (χ3v) is 4.15. The topological polar surface area (TPSA) is 93.7 Å². The quantitative estimate of drug-likeness (QED) is 0.703. The first kappa shape index (κ1) is 17.8. The lowest BCUT2D eigenvalue weighted by Gasteiger charge is -2.22. The van der Waals surface area contributed by atoms with Crippen LogP contribution in [-0.4, -0.2) is 28.8 Å². The molecular weight excluding hydrogens is 336 g/mol. The first-order chi connectivity index (χ1) is 12.5. The van der Waals surface area contributed by atoms with Crippen LogP contribution in [0, 0.1) is 0 Å². The van der Waals surface area contributed by atoms with Crippen molar-refractivity contribution >= 4 is 17.0 Å². The fraction of sp³-hybridized carbons (Fsp3) is 0.263. The molecule has 26 heavy (non-hydrogen) atoms. The number of nitrogens with one attached hydrogen (secondary N) is 1. The van der Waals surface area contributed by atoms with Gasteiger partial charge in [0, 0.05) is 0 Å². The van der Waals surface area contributed by atoms with Gasteiger partial charge in [-0.1, -0.05) is 24.3 Å². The van der Waals surface area contributed by atoms with Gasteiger partial charge in [-0.3, -0.25) is 9.36 Å². The molecule has 2 unspecified atom stereocenters. The van der Waals surface area contributed by atoms with E-state index in [0.29, 0.717) is 16.8 Å². The first-order valence-electron chi connectivity index (χ1n) is 8.19. The molecule has 0 aliphatic rings. The van der Waals surface area contributed by atoms with E-state index in [-0.39, 0.29) is 6.54 Å². The van der Waals surface area contributed by atoms with Gasteiger partial charge in [-0.25, -0.2) is 4.79 Å². The largest absolute Gasteiger partial charge is 0.497 e. The Hall–Kier alpha value is -3.06. The number of aliphatic hydroxyl groups excluding tert-OH is 1. The summed E-state index contributed by atoms with van der Waals surface area (Å²) in [5.74, 6) is -0.319. The minimum Gasteiger partial charge on any atom is -0.497 e. The van der Waals surface area contributed by atoms with Crippen molar-refractivity contribution in [2.45, 2.75) is 25.6 Å². The second kappa shape index (κ2) is 7.45. The number of carbonyl (C=O) groups excluding carboxylic acids is 1. The molecule has 7 heteroatoms. The molecular formula is C19H20N2O5. The summed E-state index contributed by atoms with van der Waals surface area (Å²) in [5, 5.41) is 12.8. The minimum atomic E-state index is -0.815. The SMILES string of the molecule is COc1ccc(C(NC(=O)Cn2c(=O)oc3ccccc32)C(C)O)cc1. The molecule has 1 aromatic heterocycles. The third-order valence-electron chi connectivity index (χ3n) is 4.15. The highest BCUT2D eigenvalue weighted by atomic mass is 16.5. The van der Waals surface area contributed by atoms with Gasteiger partial charge in [0.05, 0.1) is 24.8 Å². The van der Waals surface area contributed by atoms with Crippen molar-refractivity contribution in [1.82, 2.24) is 9.88 Å². The van der Waals surface area contributed by atoms with E-state index in [1.165, 1.54) is 4.57 Å². The number of carbonyl (C=O) groups is 1. The van der Waals surface area contributed by atoms with Crippen molar-refractivity contribution in [2.75, 3.05) is 7.11 Å². The molecule has 3 rings (SSSR count). The molecule has 0 saturated heterocycles. The monoisotopic (exact) mass is 356 g/mol. The van der Waals surface area contributed by atoms with Crippen LogP contribution in [0.4, 0.5) is 0 Å². The smallest absolute Gasteiger partial charge is 0.420 e. The standard InChI is InChI=1S/C19H20N2O5/c1-12(22)18(13-7-9-14(25-2)10-8-13)20-17(23)11-21-15-5-3-4-6-16(15)26-19(21)24/h3-10,12,18,22H,11H2,1-2H3,(H,20,23). The number of rotatable bonds is 6. The Morgan fingerprint density at radius 1 is 1.23 bits per heavy atom. The highest BCUT2D eigenvalue weighted by Gasteiger charge is 2.21. The Bertz CT molecular complexity index is 956. The number of nitrogens with zero attached hydrogens (tertiary/aromatic N) is 1. The molecule has 1 heterocycles. The first-order valence-corrected chi connectivity index (χ1v) is 8.19. The summed E-state index contributed by atoms with van der Waals surface area (Å²) in [4.78, 5) is 24.5. The summed E-state index contributed by atoms with van der Waals surface area (Å²) in [6.45, 7) is 1.39. The number of amides is 1. The molecule has 0 bridgehead atoms. The number of para-hydroxylation sites is 2. The molecule has 2 atom stereocenters. The van der Waals surface area contributed by atoms with Crippen molar-refractivity contribution < 1.29 is 19.1 Å². The van der Waals surface area contributed by atoms with Crippen LogP contribution in [0.3, 0.4) is 0 Å². The molecule has 1 amide bonds. The average molecular weight is 356 g/mol. The maximum Gasteiger partial charge on any atom is 0.420 e. The molecule has 136 valence electrons. The predicted octanol–water partition coefficient (Wildman–Crippen LogP) is 1.84. The normalized spacial score (nSPS) is 13.3. The molecule has 0 saturated carbocycles. The summed E-state index contributed by atoms with van der Waals surface area (Å²) in [6, 6.07) is 13.3. The minimum absolute atomic E-state index is 0.199. The zero-order chi connectivity index (χ0) is 18.7. The number of methoxy groups -OCH3 is 1. The van der Waals surface area contributed by atoms with E-state index in [1.54, 1.807) is 62.6 Å². The Morgan fingerprint density at radius 2 is 1.92 bits per heavy atom. The van der Waals surface area contributed by atoms with Gasteiger partial charge in [-0.2, -0.15) is 0 Å². The van der Waals surface area contributed by atoms with Crippen molar-refractivity contribution in [2.24, 2.45) is 0 Å². The van der Waals surface area contributed by atoms with Crippen LogP contribution in [0.15, 0.2) is 57.7 Å². The van der Waals surface area contributed by atoms with Crippen LogP contribution >= 0.6 is 0 Å². The van der Waals surface area contributed by atoms with E-state index in [9.17, 15) is 14.7 Å². The zero-order valence-corrected chi connectivity index (χ0v) is 14.5. The van der Waals surface area contributed by atoms with Gasteiger partial charge in [0.1, 0.15) is 12.3 Å². The molecule has 7 nitrogen and oxygen atoms in total. The summed E-state index contributed by atoms with van der Waals surface area (Å²) < 4.78 is 11.5. The number of oxazole rings is 1. The van der Waals surface area contributed by atoms with Crippen molar-refractivity contribution in [1.29, 1.82) is 0 Å². The Morgan fingerprint density at radius 3 is 2.58 bits per heavy atom. The molecule has 0 radical (unpaired) electrons.